The third-order valence-corrected chi connectivity index (χ3v) is 3.90. The number of hydrogen-bond acceptors (Lipinski definition) is 2. The largest absolute Gasteiger partial charge is 0.416 e. The highest BCUT2D eigenvalue weighted by atomic mass is 35.5. The molecule has 0 fully saturated rings. The Morgan fingerprint density at radius 1 is 1.28 bits per heavy atom. The number of fused-ring (bicyclic) bond motifs is 1. The summed E-state index contributed by atoms with van der Waals surface area (Å²) in [6, 6.07) is 6.55. The van der Waals surface area contributed by atoms with E-state index in [4.69, 9.17) is 11.6 Å². The molecule has 0 atom stereocenters. The Labute approximate surface area is 146 Å². The maximum atomic E-state index is 12.8. The Morgan fingerprint density at radius 2 is 2.04 bits per heavy atom. The summed E-state index contributed by atoms with van der Waals surface area (Å²) in [7, 11) is 0. The van der Waals surface area contributed by atoms with E-state index in [-0.39, 0.29) is 17.1 Å². The van der Waals surface area contributed by atoms with Crippen LogP contribution in [0, 0.1) is 6.92 Å². The Hall–Kier alpha value is -2.54. The second-order valence-electron chi connectivity index (χ2n) is 5.62. The third-order valence-electron chi connectivity index (χ3n) is 3.58. The van der Waals surface area contributed by atoms with Crippen molar-refractivity contribution in [2.45, 2.75) is 19.5 Å². The molecule has 1 aromatic carbocycles. The molecule has 0 spiro atoms. The van der Waals surface area contributed by atoms with Gasteiger partial charge in [-0.1, -0.05) is 11.6 Å². The zero-order chi connectivity index (χ0) is 18.2. The number of amides is 1. The summed E-state index contributed by atoms with van der Waals surface area (Å²) in [5.74, 6) is -0.499. The number of imidazole rings is 1. The first-order valence-corrected chi connectivity index (χ1v) is 7.71. The van der Waals surface area contributed by atoms with Gasteiger partial charge in [0.2, 0.25) is 5.91 Å². The van der Waals surface area contributed by atoms with Gasteiger partial charge >= 0.3 is 6.18 Å². The number of aryl methyl sites for hydroxylation is 1. The molecule has 1 N–H and O–H groups in total. The number of aromatic nitrogens is 2. The van der Waals surface area contributed by atoms with Crippen LogP contribution < -0.4 is 5.32 Å². The standard InChI is InChI=1S/C17H13ClF3N3O/c1-10-4-5-24-9-12(22-15(24)6-10)8-16(25)23-14-7-11(17(19,20)21)2-3-13(14)18/h2-7,9H,8H2,1H3,(H,23,25). The van der Waals surface area contributed by atoms with Crippen LogP contribution >= 0.6 is 11.6 Å². The minimum Gasteiger partial charge on any atom is -0.324 e. The molecule has 0 aliphatic carbocycles. The summed E-state index contributed by atoms with van der Waals surface area (Å²) >= 11 is 5.87. The van der Waals surface area contributed by atoms with Crippen molar-refractivity contribution in [3.8, 4) is 0 Å². The molecule has 0 aliphatic rings. The number of pyridine rings is 1. The van der Waals surface area contributed by atoms with Crippen molar-refractivity contribution in [3.63, 3.8) is 0 Å². The summed E-state index contributed by atoms with van der Waals surface area (Å²) in [5.41, 5.74) is 1.27. The van der Waals surface area contributed by atoms with E-state index in [1.807, 2.05) is 25.3 Å². The number of carbonyl (C=O) groups excluding carboxylic acids is 1. The van der Waals surface area contributed by atoms with Crippen LogP contribution in [-0.4, -0.2) is 15.3 Å². The van der Waals surface area contributed by atoms with E-state index in [2.05, 4.69) is 10.3 Å². The van der Waals surface area contributed by atoms with Gasteiger partial charge in [-0.05, 0) is 42.8 Å². The van der Waals surface area contributed by atoms with Gasteiger partial charge in [0.05, 0.1) is 28.4 Å². The summed E-state index contributed by atoms with van der Waals surface area (Å²) in [6.07, 6.45) is -1.07. The molecular formula is C17H13ClF3N3O. The van der Waals surface area contributed by atoms with Gasteiger partial charge < -0.3 is 9.72 Å². The van der Waals surface area contributed by atoms with Crippen molar-refractivity contribution in [1.29, 1.82) is 0 Å². The van der Waals surface area contributed by atoms with Gasteiger partial charge in [-0.15, -0.1) is 0 Å². The van der Waals surface area contributed by atoms with E-state index in [1.54, 1.807) is 10.6 Å². The summed E-state index contributed by atoms with van der Waals surface area (Å²) in [4.78, 5) is 16.5. The Balaban J connectivity index is 1.77. The molecule has 25 heavy (non-hydrogen) atoms. The maximum Gasteiger partial charge on any atom is 0.416 e. The number of hydrogen-bond donors (Lipinski definition) is 1. The van der Waals surface area contributed by atoms with E-state index in [1.165, 1.54) is 0 Å². The van der Waals surface area contributed by atoms with Crippen molar-refractivity contribution in [2.24, 2.45) is 0 Å². The van der Waals surface area contributed by atoms with Gasteiger partial charge in [0, 0.05) is 12.4 Å². The summed E-state index contributed by atoms with van der Waals surface area (Å²) in [6.45, 7) is 1.93. The summed E-state index contributed by atoms with van der Waals surface area (Å²) < 4.78 is 40.1. The number of nitrogens with one attached hydrogen (secondary N) is 1. The molecule has 0 saturated heterocycles. The van der Waals surface area contributed by atoms with Gasteiger partial charge in [0.25, 0.3) is 0 Å². The number of alkyl halides is 3. The number of carbonyl (C=O) groups is 1. The van der Waals surface area contributed by atoms with Crippen LogP contribution in [0.15, 0.2) is 42.7 Å². The zero-order valence-electron chi connectivity index (χ0n) is 13.1. The molecule has 2 aromatic heterocycles. The molecule has 0 saturated carbocycles. The fourth-order valence-electron chi connectivity index (χ4n) is 2.38. The molecule has 0 unspecified atom stereocenters. The molecule has 4 nitrogen and oxygen atoms in total. The lowest BCUT2D eigenvalue weighted by atomic mass is 10.2. The van der Waals surface area contributed by atoms with Gasteiger partial charge in [-0.25, -0.2) is 4.98 Å². The molecule has 1 amide bonds. The van der Waals surface area contributed by atoms with Crippen molar-refractivity contribution in [2.75, 3.05) is 5.32 Å². The molecule has 0 bridgehead atoms. The normalized spacial score (nSPS) is 11.7. The number of rotatable bonds is 3. The Bertz CT molecular complexity index is 950. The van der Waals surface area contributed by atoms with Crippen LogP contribution in [0.4, 0.5) is 18.9 Å². The predicted octanol–water partition coefficient (Wildman–Crippen LogP) is 4.50. The van der Waals surface area contributed by atoms with Crippen LogP contribution in [0.2, 0.25) is 5.02 Å². The quantitative estimate of drug-likeness (QED) is 0.741. The lowest BCUT2D eigenvalue weighted by molar-refractivity contribution is -0.137. The number of nitrogens with zero attached hydrogens (tertiary/aromatic N) is 2. The number of halogens is 4. The molecule has 8 heteroatoms. The predicted molar refractivity (Wildman–Crippen MR) is 88.7 cm³/mol. The van der Waals surface area contributed by atoms with Gasteiger partial charge in [0.1, 0.15) is 5.65 Å². The van der Waals surface area contributed by atoms with Crippen LogP contribution in [0.25, 0.3) is 5.65 Å². The first-order chi connectivity index (χ1) is 11.7. The van der Waals surface area contributed by atoms with Crippen molar-refractivity contribution >= 4 is 28.8 Å². The van der Waals surface area contributed by atoms with E-state index in [0.29, 0.717) is 11.3 Å². The molecule has 2 heterocycles. The molecule has 3 rings (SSSR count). The van der Waals surface area contributed by atoms with Crippen molar-refractivity contribution in [3.05, 3.63) is 64.6 Å². The van der Waals surface area contributed by atoms with Gasteiger partial charge in [-0.3, -0.25) is 4.79 Å². The van der Waals surface area contributed by atoms with Crippen LogP contribution in [0.5, 0.6) is 0 Å². The molecule has 3 aromatic rings. The van der Waals surface area contributed by atoms with Crippen LogP contribution in [0.3, 0.4) is 0 Å². The van der Waals surface area contributed by atoms with E-state index >= 15 is 0 Å². The molecule has 0 radical (unpaired) electrons. The Kier molecular flexibility index (Phi) is 4.43. The Morgan fingerprint density at radius 3 is 2.76 bits per heavy atom. The molecule has 130 valence electrons. The monoisotopic (exact) mass is 367 g/mol. The first kappa shape index (κ1) is 17.3. The van der Waals surface area contributed by atoms with E-state index in [0.717, 1.165) is 23.8 Å². The van der Waals surface area contributed by atoms with E-state index < -0.39 is 17.6 Å². The maximum absolute atomic E-state index is 12.8. The number of benzene rings is 1. The highest BCUT2D eigenvalue weighted by molar-refractivity contribution is 6.33. The smallest absolute Gasteiger partial charge is 0.324 e. The van der Waals surface area contributed by atoms with Crippen molar-refractivity contribution in [1.82, 2.24) is 9.38 Å². The topological polar surface area (TPSA) is 46.4 Å². The minimum atomic E-state index is -4.51. The minimum absolute atomic E-state index is 0.0342. The third kappa shape index (κ3) is 3.93. The average molecular weight is 368 g/mol. The SMILES string of the molecule is Cc1ccn2cc(CC(=O)Nc3cc(C(F)(F)F)ccc3Cl)nc2c1. The second-order valence-corrected chi connectivity index (χ2v) is 6.03. The van der Waals surface area contributed by atoms with Gasteiger partial charge in [-0.2, -0.15) is 13.2 Å². The molecular weight excluding hydrogens is 355 g/mol. The van der Waals surface area contributed by atoms with E-state index in [9.17, 15) is 18.0 Å². The lowest BCUT2D eigenvalue weighted by Crippen LogP contribution is -2.16. The first-order valence-electron chi connectivity index (χ1n) is 7.33. The summed E-state index contributed by atoms with van der Waals surface area (Å²) in [5, 5.41) is 2.44. The fraction of sp³-hybridized carbons (Fsp3) is 0.176. The van der Waals surface area contributed by atoms with Gasteiger partial charge in [0.15, 0.2) is 0 Å². The highest BCUT2D eigenvalue weighted by Crippen LogP contribution is 2.33. The number of anilines is 1. The highest BCUT2D eigenvalue weighted by Gasteiger charge is 2.31. The lowest BCUT2D eigenvalue weighted by Gasteiger charge is -2.11. The molecule has 0 aliphatic heterocycles. The fourth-order valence-corrected chi connectivity index (χ4v) is 2.54. The average Bonchev–Trinajstić information content (AvgIpc) is 2.89. The zero-order valence-corrected chi connectivity index (χ0v) is 13.8. The van der Waals surface area contributed by atoms with Crippen molar-refractivity contribution < 1.29 is 18.0 Å². The van der Waals surface area contributed by atoms with Crippen LogP contribution in [0.1, 0.15) is 16.8 Å². The second kappa shape index (κ2) is 6.40. The van der Waals surface area contributed by atoms with Crippen LogP contribution in [-0.2, 0) is 17.4 Å².